The normalized spacial score (nSPS) is 15.5. The molecule has 0 radical (unpaired) electrons. The van der Waals surface area contributed by atoms with Crippen molar-refractivity contribution in [2.75, 3.05) is 5.32 Å². The van der Waals surface area contributed by atoms with Crippen LogP contribution in [0.15, 0.2) is 12.4 Å². The van der Waals surface area contributed by atoms with Gasteiger partial charge in [-0.25, -0.2) is 14.8 Å². The molecule has 0 aromatic carbocycles. The molecule has 122 valence electrons. The quantitative estimate of drug-likeness (QED) is 0.870. The summed E-state index contributed by atoms with van der Waals surface area (Å²) in [5.74, 6) is 0.0448. The van der Waals surface area contributed by atoms with Crippen molar-refractivity contribution in [2.24, 2.45) is 0 Å². The summed E-state index contributed by atoms with van der Waals surface area (Å²) in [6.45, 7) is 2.16. The Morgan fingerprint density at radius 1 is 1.35 bits per heavy atom. The Bertz CT molecular complexity index is 693. The predicted octanol–water partition coefficient (Wildman–Crippen LogP) is 2.19. The third kappa shape index (κ3) is 3.64. The van der Waals surface area contributed by atoms with E-state index in [2.05, 4.69) is 30.0 Å². The van der Waals surface area contributed by atoms with Crippen LogP contribution in [0.3, 0.4) is 0 Å². The Kier molecular flexibility index (Phi) is 4.50. The summed E-state index contributed by atoms with van der Waals surface area (Å²) in [5, 5.41) is 20.3. The number of aromatic nitrogens is 5. The van der Waals surface area contributed by atoms with E-state index in [1.807, 2.05) is 0 Å². The second-order valence-electron chi connectivity index (χ2n) is 5.82. The van der Waals surface area contributed by atoms with Crippen LogP contribution in [0.5, 0.6) is 0 Å². The van der Waals surface area contributed by atoms with Crippen LogP contribution in [0.1, 0.15) is 60.2 Å². The summed E-state index contributed by atoms with van der Waals surface area (Å²) in [6, 6.07) is 1.89. The highest BCUT2D eigenvalue weighted by molar-refractivity contribution is 5.85. The molecule has 0 atom stereocenters. The van der Waals surface area contributed by atoms with Crippen molar-refractivity contribution in [2.45, 2.75) is 51.6 Å². The smallest absolute Gasteiger partial charge is 0.354 e. The minimum atomic E-state index is -1.07. The maximum Gasteiger partial charge on any atom is 0.354 e. The minimum absolute atomic E-state index is 0.0197. The molecule has 0 spiro atoms. The van der Waals surface area contributed by atoms with Crippen molar-refractivity contribution in [3.63, 3.8) is 0 Å². The van der Waals surface area contributed by atoms with E-state index >= 15 is 0 Å². The van der Waals surface area contributed by atoms with Crippen molar-refractivity contribution in [3.8, 4) is 0 Å². The van der Waals surface area contributed by atoms with Gasteiger partial charge in [-0.2, -0.15) is 0 Å². The number of anilines is 1. The van der Waals surface area contributed by atoms with Crippen LogP contribution in [-0.2, 0) is 6.54 Å². The fourth-order valence-corrected chi connectivity index (χ4v) is 2.97. The molecule has 2 aromatic heterocycles. The van der Waals surface area contributed by atoms with Crippen LogP contribution in [0.25, 0.3) is 0 Å². The molecule has 1 aliphatic carbocycles. The Hall–Kier alpha value is -2.51. The lowest BCUT2D eigenvalue weighted by Gasteiger charge is -2.24. The standard InChI is InChI=1S/C15H20N6O2/c1-10-7-12(14(22)23)19-15(18-10)16-8-13-20-17-9-21(13)11-5-3-2-4-6-11/h7,9,11H,2-6,8H2,1H3,(H,22,23)(H,16,18,19). The summed E-state index contributed by atoms with van der Waals surface area (Å²) in [4.78, 5) is 19.3. The molecule has 8 heteroatoms. The lowest BCUT2D eigenvalue weighted by Crippen LogP contribution is -2.17. The highest BCUT2D eigenvalue weighted by atomic mass is 16.4. The van der Waals surface area contributed by atoms with E-state index in [4.69, 9.17) is 5.11 Å². The molecular formula is C15H20N6O2. The number of hydrogen-bond donors (Lipinski definition) is 2. The van der Waals surface area contributed by atoms with Gasteiger partial charge in [-0.1, -0.05) is 19.3 Å². The number of rotatable bonds is 5. The third-order valence-corrected chi connectivity index (χ3v) is 4.09. The molecule has 2 N–H and O–H groups in total. The highest BCUT2D eigenvalue weighted by Crippen LogP contribution is 2.28. The Morgan fingerprint density at radius 2 is 2.13 bits per heavy atom. The number of aryl methyl sites for hydroxylation is 1. The van der Waals surface area contributed by atoms with Crippen molar-refractivity contribution in [3.05, 3.63) is 29.6 Å². The largest absolute Gasteiger partial charge is 0.477 e. The van der Waals surface area contributed by atoms with Gasteiger partial charge in [0, 0.05) is 11.7 Å². The molecule has 0 unspecified atom stereocenters. The number of carboxylic acid groups (broad SMARTS) is 1. The van der Waals surface area contributed by atoms with Crippen LogP contribution < -0.4 is 5.32 Å². The number of aromatic carboxylic acids is 1. The predicted molar refractivity (Wildman–Crippen MR) is 83.2 cm³/mol. The first-order chi connectivity index (χ1) is 11.1. The SMILES string of the molecule is Cc1cc(C(=O)O)nc(NCc2nncn2C2CCCCC2)n1. The molecule has 0 amide bonds. The molecular weight excluding hydrogens is 296 g/mol. The molecule has 2 heterocycles. The van der Waals surface area contributed by atoms with Gasteiger partial charge in [0.2, 0.25) is 5.95 Å². The Balaban J connectivity index is 1.71. The van der Waals surface area contributed by atoms with Gasteiger partial charge < -0.3 is 15.0 Å². The maximum atomic E-state index is 11.1. The Morgan fingerprint density at radius 3 is 2.87 bits per heavy atom. The summed E-state index contributed by atoms with van der Waals surface area (Å²) in [6.07, 6.45) is 7.83. The second-order valence-corrected chi connectivity index (χ2v) is 5.82. The van der Waals surface area contributed by atoms with Gasteiger partial charge in [0.05, 0.1) is 6.54 Å². The van der Waals surface area contributed by atoms with Gasteiger partial charge in [0.15, 0.2) is 11.5 Å². The zero-order valence-electron chi connectivity index (χ0n) is 13.1. The zero-order chi connectivity index (χ0) is 16.2. The average Bonchev–Trinajstić information content (AvgIpc) is 3.02. The molecule has 0 aliphatic heterocycles. The summed E-state index contributed by atoms with van der Waals surface area (Å²) < 4.78 is 2.11. The Labute approximate surface area is 134 Å². The lowest BCUT2D eigenvalue weighted by molar-refractivity contribution is 0.0690. The monoisotopic (exact) mass is 316 g/mol. The third-order valence-electron chi connectivity index (χ3n) is 4.09. The minimum Gasteiger partial charge on any atom is -0.477 e. The fourth-order valence-electron chi connectivity index (χ4n) is 2.97. The number of nitrogens with zero attached hydrogens (tertiary/aromatic N) is 5. The number of carbonyl (C=O) groups is 1. The van der Waals surface area contributed by atoms with E-state index in [9.17, 15) is 4.79 Å². The topological polar surface area (TPSA) is 106 Å². The molecule has 1 saturated carbocycles. The number of nitrogens with one attached hydrogen (secondary N) is 1. The first-order valence-corrected chi connectivity index (χ1v) is 7.84. The number of hydrogen-bond acceptors (Lipinski definition) is 6. The van der Waals surface area contributed by atoms with E-state index in [1.54, 1.807) is 13.3 Å². The van der Waals surface area contributed by atoms with Crippen LogP contribution in [0, 0.1) is 6.92 Å². The lowest BCUT2D eigenvalue weighted by atomic mass is 9.95. The van der Waals surface area contributed by atoms with Gasteiger partial charge in [-0.15, -0.1) is 10.2 Å². The molecule has 1 aliphatic rings. The number of carboxylic acids is 1. The van der Waals surface area contributed by atoms with Crippen LogP contribution in [0.4, 0.5) is 5.95 Å². The van der Waals surface area contributed by atoms with E-state index < -0.39 is 5.97 Å². The van der Waals surface area contributed by atoms with Crippen LogP contribution in [-0.4, -0.2) is 35.8 Å². The van der Waals surface area contributed by atoms with Gasteiger partial charge in [-0.3, -0.25) is 0 Å². The van der Waals surface area contributed by atoms with E-state index in [0.29, 0.717) is 24.2 Å². The molecule has 0 bridgehead atoms. The van der Waals surface area contributed by atoms with Gasteiger partial charge in [-0.05, 0) is 25.8 Å². The van der Waals surface area contributed by atoms with Crippen LogP contribution in [0.2, 0.25) is 0 Å². The molecule has 8 nitrogen and oxygen atoms in total. The van der Waals surface area contributed by atoms with Gasteiger partial charge >= 0.3 is 5.97 Å². The summed E-state index contributed by atoms with van der Waals surface area (Å²) >= 11 is 0. The van der Waals surface area contributed by atoms with Crippen molar-refractivity contribution in [1.82, 2.24) is 24.7 Å². The first-order valence-electron chi connectivity index (χ1n) is 7.84. The van der Waals surface area contributed by atoms with Crippen molar-refractivity contribution in [1.29, 1.82) is 0 Å². The molecule has 0 saturated heterocycles. The van der Waals surface area contributed by atoms with E-state index in [0.717, 1.165) is 18.7 Å². The first kappa shape index (κ1) is 15.4. The molecule has 1 fully saturated rings. The van der Waals surface area contributed by atoms with Gasteiger partial charge in [0.1, 0.15) is 6.33 Å². The van der Waals surface area contributed by atoms with Crippen molar-refractivity contribution >= 4 is 11.9 Å². The highest BCUT2D eigenvalue weighted by Gasteiger charge is 2.18. The van der Waals surface area contributed by atoms with Crippen molar-refractivity contribution < 1.29 is 9.90 Å². The van der Waals surface area contributed by atoms with E-state index in [1.165, 1.54) is 25.3 Å². The molecule has 3 rings (SSSR count). The molecule has 2 aromatic rings. The average molecular weight is 316 g/mol. The van der Waals surface area contributed by atoms with E-state index in [-0.39, 0.29) is 5.69 Å². The fraction of sp³-hybridized carbons (Fsp3) is 0.533. The second kappa shape index (κ2) is 6.72. The van der Waals surface area contributed by atoms with Crippen LogP contribution >= 0.6 is 0 Å². The zero-order valence-corrected chi connectivity index (χ0v) is 13.1. The molecule has 23 heavy (non-hydrogen) atoms. The summed E-state index contributed by atoms with van der Waals surface area (Å²) in [5.41, 5.74) is 0.586. The maximum absolute atomic E-state index is 11.1. The van der Waals surface area contributed by atoms with Gasteiger partial charge in [0.25, 0.3) is 0 Å². The summed E-state index contributed by atoms with van der Waals surface area (Å²) in [7, 11) is 0.